The number of amides is 1. The van der Waals surface area contributed by atoms with Crippen LogP contribution in [0.3, 0.4) is 0 Å². The summed E-state index contributed by atoms with van der Waals surface area (Å²) < 4.78 is 0.947. The summed E-state index contributed by atoms with van der Waals surface area (Å²) in [5.74, 6) is -0.379. The quantitative estimate of drug-likeness (QED) is 0.875. The zero-order valence-electron chi connectivity index (χ0n) is 7.76. The molecule has 1 amide bonds. The van der Waals surface area contributed by atoms with Crippen molar-refractivity contribution in [3.05, 3.63) is 51.4 Å². The van der Waals surface area contributed by atoms with Crippen LogP contribution in [0.4, 0.5) is 0 Å². The SMILES string of the molecule is Brc1nccs1.NC(=O)c1ccccc1. The van der Waals surface area contributed by atoms with Crippen LogP contribution in [0, 0.1) is 0 Å². The van der Waals surface area contributed by atoms with Gasteiger partial charge in [-0.3, -0.25) is 4.79 Å². The number of thiazole rings is 1. The van der Waals surface area contributed by atoms with Crippen LogP contribution >= 0.6 is 27.3 Å². The van der Waals surface area contributed by atoms with Gasteiger partial charge in [0.1, 0.15) is 0 Å². The van der Waals surface area contributed by atoms with Crippen molar-refractivity contribution in [1.82, 2.24) is 4.98 Å². The van der Waals surface area contributed by atoms with E-state index in [0.29, 0.717) is 5.56 Å². The Morgan fingerprint density at radius 3 is 2.27 bits per heavy atom. The Morgan fingerprint density at radius 2 is 2.00 bits per heavy atom. The zero-order valence-corrected chi connectivity index (χ0v) is 10.2. The summed E-state index contributed by atoms with van der Waals surface area (Å²) in [6, 6.07) is 8.76. The van der Waals surface area contributed by atoms with E-state index in [9.17, 15) is 4.79 Å². The van der Waals surface area contributed by atoms with Crippen LogP contribution in [-0.4, -0.2) is 10.9 Å². The second-order valence-corrected chi connectivity index (χ2v) is 4.69. The third-order valence-corrected chi connectivity index (χ3v) is 2.78. The Labute approximate surface area is 100 Å². The highest BCUT2D eigenvalue weighted by Crippen LogP contribution is 2.10. The van der Waals surface area contributed by atoms with Gasteiger partial charge in [-0.05, 0) is 28.1 Å². The van der Waals surface area contributed by atoms with Crippen LogP contribution in [0.25, 0.3) is 0 Å². The fourth-order valence-corrected chi connectivity index (χ4v) is 1.61. The van der Waals surface area contributed by atoms with Gasteiger partial charge in [0.2, 0.25) is 5.91 Å². The average Bonchev–Trinajstić information content (AvgIpc) is 2.71. The van der Waals surface area contributed by atoms with E-state index in [2.05, 4.69) is 20.9 Å². The second kappa shape index (κ2) is 6.31. The Hall–Kier alpha value is -1.20. The van der Waals surface area contributed by atoms with E-state index in [1.807, 2.05) is 11.4 Å². The molecule has 0 aliphatic heterocycles. The Bertz CT molecular complexity index is 403. The highest BCUT2D eigenvalue weighted by molar-refractivity contribution is 9.11. The summed E-state index contributed by atoms with van der Waals surface area (Å²) >= 11 is 4.77. The number of carbonyl (C=O) groups excluding carboxylic acids is 1. The van der Waals surface area contributed by atoms with Crippen molar-refractivity contribution in [3.63, 3.8) is 0 Å². The molecule has 1 aromatic heterocycles. The van der Waals surface area contributed by atoms with E-state index >= 15 is 0 Å². The van der Waals surface area contributed by atoms with Crippen LogP contribution < -0.4 is 5.73 Å². The maximum atomic E-state index is 10.4. The molecule has 0 unspecified atom stereocenters. The number of nitrogens with zero attached hydrogens (tertiary/aromatic N) is 1. The first-order chi connectivity index (χ1) is 7.20. The molecule has 1 aromatic carbocycles. The Morgan fingerprint density at radius 1 is 1.33 bits per heavy atom. The molecule has 15 heavy (non-hydrogen) atoms. The average molecular weight is 285 g/mol. The van der Waals surface area contributed by atoms with Gasteiger partial charge in [0.25, 0.3) is 0 Å². The highest BCUT2D eigenvalue weighted by atomic mass is 79.9. The van der Waals surface area contributed by atoms with Crippen LogP contribution in [-0.2, 0) is 0 Å². The third kappa shape index (κ3) is 4.71. The molecular weight excluding hydrogens is 276 g/mol. The van der Waals surface area contributed by atoms with E-state index in [4.69, 9.17) is 5.73 Å². The van der Waals surface area contributed by atoms with E-state index < -0.39 is 0 Å². The number of carbonyl (C=O) groups is 1. The fraction of sp³-hybridized carbons (Fsp3) is 0. The maximum absolute atomic E-state index is 10.4. The summed E-state index contributed by atoms with van der Waals surface area (Å²) in [4.78, 5) is 14.3. The minimum absolute atomic E-state index is 0.379. The normalized spacial score (nSPS) is 8.87. The van der Waals surface area contributed by atoms with E-state index in [1.54, 1.807) is 41.8 Å². The van der Waals surface area contributed by atoms with Crippen molar-refractivity contribution >= 4 is 33.2 Å². The molecule has 0 atom stereocenters. The van der Waals surface area contributed by atoms with Crippen LogP contribution in [0.2, 0.25) is 0 Å². The van der Waals surface area contributed by atoms with Crippen molar-refractivity contribution in [1.29, 1.82) is 0 Å². The van der Waals surface area contributed by atoms with E-state index in [0.717, 1.165) is 3.92 Å². The number of nitrogens with two attached hydrogens (primary N) is 1. The molecule has 0 aliphatic carbocycles. The molecule has 0 spiro atoms. The molecule has 0 aliphatic rings. The summed E-state index contributed by atoms with van der Waals surface area (Å²) in [7, 11) is 0. The molecule has 2 N–H and O–H groups in total. The topological polar surface area (TPSA) is 56.0 Å². The molecular formula is C10H9BrN2OS. The van der Waals surface area contributed by atoms with Gasteiger partial charge >= 0.3 is 0 Å². The molecule has 0 radical (unpaired) electrons. The van der Waals surface area contributed by atoms with Gasteiger partial charge in [-0.15, -0.1) is 11.3 Å². The standard InChI is InChI=1S/C7H7NO.C3H2BrNS/c8-7(9)6-4-2-1-3-5-6;4-3-5-1-2-6-3/h1-5H,(H2,8,9);1-2H. The number of benzene rings is 1. The van der Waals surface area contributed by atoms with Crippen LogP contribution in [0.1, 0.15) is 10.4 Å². The van der Waals surface area contributed by atoms with Gasteiger partial charge in [-0.1, -0.05) is 18.2 Å². The van der Waals surface area contributed by atoms with Gasteiger partial charge in [0, 0.05) is 17.1 Å². The lowest BCUT2D eigenvalue weighted by Crippen LogP contribution is -2.09. The predicted octanol–water partition coefficient (Wildman–Crippen LogP) is 2.69. The lowest BCUT2D eigenvalue weighted by Gasteiger charge is -1.89. The Balaban J connectivity index is 0.000000162. The predicted molar refractivity (Wildman–Crippen MR) is 64.8 cm³/mol. The number of primary amides is 1. The molecule has 0 bridgehead atoms. The van der Waals surface area contributed by atoms with Crippen LogP contribution in [0.5, 0.6) is 0 Å². The lowest BCUT2D eigenvalue weighted by atomic mass is 10.2. The smallest absolute Gasteiger partial charge is 0.248 e. The first kappa shape index (κ1) is 11.9. The first-order valence-corrected chi connectivity index (χ1v) is 5.77. The van der Waals surface area contributed by atoms with Gasteiger partial charge in [0.15, 0.2) is 3.92 Å². The summed E-state index contributed by atoms with van der Waals surface area (Å²) in [5, 5.41) is 1.92. The second-order valence-electron chi connectivity index (χ2n) is 2.52. The first-order valence-electron chi connectivity index (χ1n) is 4.10. The number of aromatic nitrogens is 1. The van der Waals surface area contributed by atoms with Gasteiger partial charge in [0.05, 0.1) is 0 Å². The molecule has 2 rings (SSSR count). The van der Waals surface area contributed by atoms with E-state index in [1.165, 1.54) is 0 Å². The molecule has 2 aromatic rings. The number of hydrogen-bond acceptors (Lipinski definition) is 3. The van der Waals surface area contributed by atoms with Crippen molar-refractivity contribution in [2.75, 3.05) is 0 Å². The molecule has 0 fully saturated rings. The van der Waals surface area contributed by atoms with Gasteiger partial charge < -0.3 is 5.73 Å². The summed E-state index contributed by atoms with van der Waals surface area (Å²) in [5.41, 5.74) is 5.53. The number of hydrogen-bond donors (Lipinski definition) is 1. The number of rotatable bonds is 1. The molecule has 0 saturated heterocycles. The minimum atomic E-state index is -0.379. The molecule has 78 valence electrons. The van der Waals surface area contributed by atoms with Crippen molar-refractivity contribution in [2.24, 2.45) is 5.73 Å². The van der Waals surface area contributed by atoms with Gasteiger partial charge in [-0.25, -0.2) is 4.98 Å². The van der Waals surface area contributed by atoms with E-state index in [-0.39, 0.29) is 5.91 Å². The Kier molecular flexibility index (Phi) is 5.00. The monoisotopic (exact) mass is 284 g/mol. The van der Waals surface area contributed by atoms with Crippen molar-refractivity contribution in [3.8, 4) is 0 Å². The van der Waals surface area contributed by atoms with Gasteiger partial charge in [-0.2, -0.15) is 0 Å². The molecule has 1 heterocycles. The summed E-state index contributed by atoms with van der Waals surface area (Å²) in [6.07, 6.45) is 1.76. The zero-order chi connectivity index (χ0) is 11.1. The maximum Gasteiger partial charge on any atom is 0.248 e. The molecule has 3 nitrogen and oxygen atoms in total. The minimum Gasteiger partial charge on any atom is -0.366 e. The molecule has 5 heteroatoms. The molecule has 0 saturated carbocycles. The van der Waals surface area contributed by atoms with Crippen molar-refractivity contribution < 1.29 is 4.79 Å². The highest BCUT2D eigenvalue weighted by Gasteiger charge is 1.93. The van der Waals surface area contributed by atoms with Crippen molar-refractivity contribution in [2.45, 2.75) is 0 Å². The lowest BCUT2D eigenvalue weighted by molar-refractivity contribution is 0.100. The number of halogens is 1. The summed E-state index contributed by atoms with van der Waals surface area (Å²) in [6.45, 7) is 0. The third-order valence-electron chi connectivity index (χ3n) is 1.46. The largest absolute Gasteiger partial charge is 0.366 e. The fourth-order valence-electron chi connectivity index (χ4n) is 0.808. The van der Waals surface area contributed by atoms with Crippen LogP contribution in [0.15, 0.2) is 45.8 Å².